The largest absolute Gasteiger partial charge is 0.489 e. The molecule has 0 amide bonds. The van der Waals surface area contributed by atoms with Gasteiger partial charge in [-0.1, -0.05) is 6.92 Å². The third-order valence-electron chi connectivity index (χ3n) is 2.49. The maximum Gasteiger partial charge on any atom is 0.418 e. The predicted octanol–water partition coefficient (Wildman–Crippen LogP) is 3.20. The van der Waals surface area contributed by atoms with Gasteiger partial charge >= 0.3 is 6.18 Å². The average Bonchev–Trinajstić information content (AvgIpc) is 3.00. The Morgan fingerprint density at radius 3 is 2.56 bits per heavy atom. The van der Waals surface area contributed by atoms with Crippen LogP contribution in [0.4, 0.5) is 13.2 Å². The Hall–Kier alpha value is -1.26. The van der Waals surface area contributed by atoms with E-state index in [0.717, 1.165) is 19.0 Å². The van der Waals surface area contributed by atoms with Crippen molar-refractivity contribution in [2.45, 2.75) is 38.5 Å². The van der Waals surface area contributed by atoms with E-state index in [1.807, 2.05) is 0 Å². The molecule has 0 unspecified atom stereocenters. The van der Waals surface area contributed by atoms with Gasteiger partial charge in [0.25, 0.3) is 0 Å². The van der Waals surface area contributed by atoms with Crippen molar-refractivity contribution in [2.75, 3.05) is 0 Å². The summed E-state index contributed by atoms with van der Waals surface area (Å²) in [5.74, 6) is 0.278. The van der Waals surface area contributed by atoms with E-state index in [0.29, 0.717) is 6.42 Å². The summed E-state index contributed by atoms with van der Waals surface area (Å²) in [4.78, 5) is 3.60. The molecule has 0 spiro atoms. The number of ether oxygens (including phenoxy) is 1. The Kier molecular flexibility index (Phi) is 2.78. The molecule has 0 atom stereocenters. The van der Waals surface area contributed by atoms with E-state index in [2.05, 4.69) is 4.98 Å². The number of alkyl halides is 3. The van der Waals surface area contributed by atoms with Crippen LogP contribution >= 0.6 is 0 Å². The third kappa shape index (κ3) is 2.28. The summed E-state index contributed by atoms with van der Waals surface area (Å²) in [5, 5.41) is 0. The fraction of sp³-hybridized carbons (Fsp3) is 0.545. The number of nitrogens with zero attached hydrogens (tertiary/aromatic N) is 1. The van der Waals surface area contributed by atoms with Crippen molar-refractivity contribution in [3.63, 3.8) is 0 Å². The monoisotopic (exact) mass is 231 g/mol. The minimum Gasteiger partial charge on any atom is -0.489 e. The van der Waals surface area contributed by atoms with E-state index in [4.69, 9.17) is 4.74 Å². The van der Waals surface area contributed by atoms with Crippen molar-refractivity contribution in [2.24, 2.45) is 0 Å². The summed E-state index contributed by atoms with van der Waals surface area (Å²) >= 11 is 0. The fourth-order valence-electron chi connectivity index (χ4n) is 1.54. The van der Waals surface area contributed by atoms with E-state index in [1.54, 1.807) is 6.92 Å². The van der Waals surface area contributed by atoms with Gasteiger partial charge in [0.2, 0.25) is 0 Å². The van der Waals surface area contributed by atoms with Crippen molar-refractivity contribution in [3.05, 3.63) is 23.5 Å². The lowest BCUT2D eigenvalue weighted by Gasteiger charge is -2.15. The van der Waals surface area contributed by atoms with Crippen LogP contribution in [0.3, 0.4) is 0 Å². The summed E-state index contributed by atoms with van der Waals surface area (Å²) < 4.78 is 43.4. The van der Waals surface area contributed by atoms with E-state index in [1.165, 1.54) is 6.20 Å². The van der Waals surface area contributed by atoms with Gasteiger partial charge in [0, 0.05) is 11.8 Å². The minimum atomic E-state index is -4.36. The van der Waals surface area contributed by atoms with E-state index in [9.17, 15) is 13.2 Å². The number of hydrogen-bond donors (Lipinski definition) is 0. The second-order valence-electron chi connectivity index (χ2n) is 3.83. The number of rotatable bonds is 3. The Balaban J connectivity index is 2.37. The Bertz CT molecular complexity index is 385. The molecule has 1 fully saturated rings. The molecule has 2 nitrogen and oxygen atoms in total. The first-order valence-electron chi connectivity index (χ1n) is 5.23. The standard InChI is InChI=1S/C11H12F3NO/c1-2-8-9(11(12,13)14)5-15-6-10(8)16-7-3-4-7/h5-7H,2-4H2,1H3. The zero-order valence-electron chi connectivity index (χ0n) is 8.84. The van der Waals surface area contributed by atoms with Crippen LogP contribution in [0.5, 0.6) is 5.75 Å². The first-order valence-corrected chi connectivity index (χ1v) is 5.23. The van der Waals surface area contributed by atoms with Gasteiger partial charge < -0.3 is 4.74 Å². The molecular weight excluding hydrogens is 219 g/mol. The van der Waals surface area contributed by atoms with Crippen LogP contribution in [-0.2, 0) is 12.6 Å². The molecule has 16 heavy (non-hydrogen) atoms. The molecule has 1 heterocycles. The van der Waals surface area contributed by atoms with Crippen molar-refractivity contribution >= 4 is 0 Å². The summed E-state index contributed by atoms with van der Waals surface area (Å²) in [5.41, 5.74) is -0.484. The molecule has 5 heteroatoms. The molecule has 0 radical (unpaired) electrons. The summed E-state index contributed by atoms with van der Waals surface area (Å²) in [7, 11) is 0. The molecule has 1 aromatic rings. The van der Waals surface area contributed by atoms with E-state index < -0.39 is 11.7 Å². The maximum absolute atomic E-state index is 12.7. The normalized spacial score (nSPS) is 16.2. The highest BCUT2D eigenvalue weighted by Gasteiger charge is 2.35. The van der Waals surface area contributed by atoms with Gasteiger partial charge in [0.15, 0.2) is 0 Å². The van der Waals surface area contributed by atoms with E-state index >= 15 is 0 Å². The zero-order chi connectivity index (χ0) is 11.8. The number of halogens is 3. The van der Waals surface area contributed by atoms with Crippen LogP contribution in [0.15, 0.2) is 12.4 Å². The van der Waals surface area contributed by atoms with Crippen LogP contribution in [0.2, 0.25) is 0 Å². The molecule has 1 aliphatic carbocycles. The number of pyridine rings is 1. The SMILES string of the molecule is CCc1c(OC2CC2)cncc1C(F)(F)F. The number of hydrogen-bond acceptors (Lipinski definition) is 2. The van der Waals surface area contributed by atoms with Gasteiger partial charge in [-0.05, 0) is 19.3 Å². The lowest BCUT2D eigenvalue weighted by Crippen LogP contribution is -2.11. The molecule has 1 aliphatic rings. The molecule has 2 rings (SSSR count). The first-order chi connectivity index (χ1) is 7.52. The Morgan fingerprint density at radius 2 is 2.06 bits per heavy atom. The Labute approximate surface area is 91.4 Å². The lowest BCUT2D eigenvalue weighted by atomic mass is 10.1. The molecule has 1 saturated carbocycles. The summed E-state index contributed by atoms with van der Waals surface area (Å²) in [6, 6.07) is 0. The predicted molar refractivity (Wildman–Crippen MR) is 52.3 cm³/mol. The zero-order valence-corrected chi connectivity index (χ0v) is 8.84. The molecule has 88 valence electrons. The topological polar surface area (TPSA) is 22.1 Å². The minimum absolute atomic E-state index is 0.0792. The molecule has 0 N–H and O–H groups in total. The van der Waals surface area contributed by atoms with Crippen molar-refractivity contribution in [3.8, 4) is 5.75 Å². The summed E-state index contributed by atoms with van der Waals surface area (Å²) in [6.07, 6.45) is 0.0698. The molecule has 0 bridgehead atoms. The van der Waals surface area contributed by atoms with Gasteiger partial charge in [-0.25, -0.2) is 0 Å². The van der Waals surface area contributed by atoms with Gasteiger partial charge in [-0.3, -0.25) is 4.98 Å². The third-order valence-corrected chi connectivity index (χ3v) is 2.49. The summed E-state index contributed by atoms with van der Waals surface area (Å²) in [6.45, 7) is 1.68. The van der Waals surface area contributed by atoms with Crippen molar-refractivity contribution in [1.29, 1.82) is 0 Å². The highest BCUT2D eigenvalue weighted by atomic mass is 19.4. The molecule has 1 aromatic heterocycles. The fourth-order valence-corrected chi connectivity index (χ4v) is 1.54. The smallest absolute Gasteiger partial charge is 0.418 e. The molecule has 0 aromatic carbocycles. The van der Waals surface area contributed by atoms with Gasteiger partial charge in [-0.2, -0.15) is 13.2 Å². The highest BCUT2D eigenvalue weighted by Crippen LogP contribution is 2.37. The highest BCUT2D eigenvalue weighted by molar-refractivity contribution is 5.39. The Morgan fingerprint density at radius 1 is 1.38 bits per heavy atom. The van der Waals surface area contributed by atoms with E-state index in [-0.39, 0.29) is 17.4 Å². The number of aromatic nitrogens is 1. The molecule has 0 saturated heterocycles. The van der Waals surface area contributed by atoms with Crippen LogP contribution in [0.1, 0.15) is 30.9 Å². The average molecular weight is 231 g/mol. The van der Waals surface area contributed by atoms with Gasteiger partial charge in [0.1, 0.15) is 5.75 Å². The van der Waals surface area contributed by atoms with Gasteiger partial charge in [-0.15, -0.1) is 0 Å². The molecular formula is C11H12F3NO. The maximum atomic E-state index is 12.7. The van der Waals surface area contributed by atoms with Crippen LogP contribution in [0.25, 0.3) is 0 Å². The van der Waals surface area contributed by atoms with Crippen LogP contribution in [-0.4, -0.2) is 11.1 Å². The second kappa shape index (κ2) is 3.96. The van der Waals surface area contributed by atoms with Gasteiger partial charge in [0.05, 0.1) is 17.9 Å². The quantitative estimate of drug-likeness (QED) is 0.796. The molecule has 0 aliphatic heterocycles. The lowest BCUT2D eigenvalue weighted by molar-refractivity contribution is -0.138. The second-order valence-corrected chi connectivity index (χ2v) is 3.83. The van der Waals surface area contributed by atoms with Crippen LogP contribution in [0, 0.1) is 0 Å². The first kappa shape index (κ1) is 11.2. The van der Waals surface area contributed by atoms with Crippen molar-refractivity contribution in [1.82, 2.24) is 4.98 Å². The van der Waals surface area contributed by atoms with Crippen LogP contribution < -0.4 is 4.74 Å². The van der Waals surface area contributed by atoms with Crippen molar-refractivity contribution < 1.29 is 17.9 Å².